The minimum absolute atomic E-state index is 0.178. The number of anilines is 1. The monoisotopic (exact) mass is 337 g/mol. The SMILES string of the molecule is CC(C)OCc1ccc(C(=O)Nc2ccc(Cl)c(Cl)c2)cc1. The normalized spacial score (nSPS) is 10.8. The van der Waals surface area contributed by atoms with Crippen LogP contribution in [0.25, 0.3) is 0 Å². The summed E-state index contributed by atoms with van der Waals surface area (Å²) in [5.41, 5.74) is 2.20. The van der Waals surface area contributed by atoms with Crippen molar-refractivity contribution in [2.75, 3.05) is 5.32 Å². The Morgan fingerprint density at radius 3 is 2.36 bits per heavy atom. The molecular weight excluding hydrogens is 321 g/mol. The third-order valence-electron chi connectivity index (χ3n) is 2.98. The van der Waals surface area contributed by atoms with E-state index in [4.69, 9.17) is 27.9 Å². The Hall–Kier alpha value is -1.55. The predicted octanol–water partition coefficient (Wildman–Crippen LogP) is 5.17. The average molecular weight is 338 g/mol. The highest BCUT2D eigenvalue weighted by Crippen LogP contribution is 2.25. The van der Waals surface area contributed by atoms with E-state index in [2.05, 4.69) is 5.32 Å². The first-order valence-corrected chi connectivity index (χ1v) is 7.68. The summed E-state index contributed by atoms with van der Waals surface area (Å²) >= 11 is 11.8. The summed E-state index contributed by atoms with van der Waals surface area (Å²) in [6.45, 7) is 4.50. The second-order valence-electron chi connectivity index (χ2n) is 5.14. The number of carbonyl (C=O) groups excluding carboxylic acids is 1. The summed E-state index contributed by atoms with van der Waals surface area (Å²) in [7, 11) is 0. The van der Waals surface area contributed by atoms with Crippen molar-refractivity contribution in [2.45, 2.75) is 26.6 Å². The maximum atomic E-state index is 12.2. The van der Waals surface area contributed by atoms with Gasteiger partial charge in [-0.3, -0.25) is 4.79 Å². The van der Waals surface area contributed by atoms with E-state index in [1.54, 1.807) is 30.3 Å². The van der Waals surface area contributed by atoms with Gasteiger partial charge < -0.3 is 10.1 Å². The van der Waals surface area contributed by atoms with E-state index in [0.29, 0.717) is 27.9 Å². The maximum Gasteiger partial charge on any atom is 0.255 e. The minimum Gasteiger partial charge on any atom is -0.374 e. The minimum atomic E-state index is -0.199. The Bertz CT molecular complexity index is 654. The summed E-state index contributed by atoms with van der Waals surface area (Å²) in [4.78, 5) is 12.2. The van der Waals surface area contributed by atoms with Crippen LogP contribution in [0.2, 0.25) is 10.0 Å². The molecule has 2 aromatic carbocycles. The Balaban J connectivity index is 2.01. The van der Waals surface area contributed by atoms with Gasteiger partial charge >= 0.3 is 0 Å². The van der Waals surface area contributed by atoms with Crippen molar-refractivity contribution >= 4 is 34.8 Å². The van der Waals surface area contributed by atoms with Gasteiger partial charge in [0.1, 0.15) is 0 Å². The van der Waals surface area contributed by atoms with Gasteiger partial charge in [0.2, 0.25) is 0 Å². The van der Waals surface area contributed by atoms with E-state index in [0.717, 1.165) is 5.56 Å². The average Bonchev–Trinajstić information content (AvgIpc) is 2.49. The van der Waals surface area contributed by atoms with Crippen molar-refractivity contribution in [3.05, 3.63) is 63.6 Å². The van der Waals surface area contributed by atoms with Crippen LogP contribution in [0.5, 0.6) is 0 Å². The predicted molar refractivity (Wildman–Crippen MR) is 90.8 cm³/mol. The van der Waals surface area contributed by atoms with E-state index < -0.39 is 0 Å². The summed E-state index contributed by atoms with van der Waals surface area (Å²) in [6, 6.07) is 12.3. The standard InChI is InChI=1S/C17H17Cl2NO2/c1-11(2)22-10-12-3-5-13(6-4-12)17(21)20-14-7-8-15(18)16(19)9-14/h3-9,11H,10H2,1-2H3,(H,20,21). The molecule has 0 aromatic heterocycles. The molecule has 22 heavy (non-hydrogen) atoms. The third kappa shape index (κ3) is 4.73. The first kappa shape index (κ1) is 16.8. The molecule has 0 unspecified atom stereocenters. The highest BCUT2D eigenvalue weighted by molar-refractivity contribution is 6.42. The van der Waals surface area contributed by atoms with Crippen LogP contribution in [-0.2, 0) is 11.3 Å². The topological polar surface area (TPSA) is 38.3 Å². The van der Waals surface area contributed by atoms with Crippen molar-refractivity contribution in [3.8, 4) is 0 Å². The Morgan fingerprint density at radius 1 is 1.09 bits per heavy atom. The van der Waals surface area contributed by atoms with E-state index >= 15 is 0 Å². The quantitative estimate of drug-likeness (QED) is 0.817. The van der Waals surface area contributed by atoms with Crippen molar-refractivity contribution in [1.82, 2.24) is 0 Å². The molecule has 0 fully saturated rings. The molecule has 0 saturated heterocycles. The van der Waals surface area contributed by atoms with Gasteiger partial charge in [-0.05, 0) is 49.7 Å². The van der Waals surface area contributed by atoms with Crippen LogP contribution in [-0.4, -0.2) is 12.0 Å². The lowest BCUT2D eigenvalue weighted by Gasteiger charge is -2.09. The van der Waals surface area contributed by atoms with Crippen LogP contribution < -0.4 is 5.32 Å². The number of nitrogens with one attached hydrogen (secondary N) is 1. The number of ether oxygens (including phenoxy) is 1. The second kappa shape index (κ2) is 7.63. The molecule has 0 aliphatic rings. The lowest BCUT2D eigenvalue weighted by atomic mass is 10.1. The molecule has 0 aliphatic carbocycles. The van der Waals surface area contributed by atoms with Gasteiger partial charge in [-0.2, -0.15) is 0 Å². The van der Waals surface area contributed by atoms with Crippen LogP contribution in [0.1, 0.15) is 29.8 Å². The molecule has 0 aliphatic heterocycles. The first-order chi connectivity index (χ1) is 10.5. The van der Waals surface area contributed by atoms with Crippen molar-refractivity contribution in [3.63, 3.8) is 0 Å². The van der Waals surface area contributed by atoms with E-state index in [1.165, 1.54) is 0 Å². The molecule has 0 bridgehead atoms. The van der Waals surface area contributed by atoms with Gasteiger partial charge in [0.05, 0.1) is 22.8 Å². The molecule has 116 valence electrons. The van der Waals surface area contributed by atoms with Crippen LogP contribution in [0.4, 0.5) is 5.69 Å². The zero-order valence-electron chi connectivity index (χ0n) is 12.4. The Morgan fingerprint density at radius 2 is 1.77 bits per heavy atom. The van der Waals surface area contributed by atoms with E-state index in [-0.39, 0.29) is 12.0 Å². The lowest BCUT2D eigenvalue weighted by molar-refractivity contribution is 0.0657. The number of hydrogen-bond acceptors (Lipinski definition) is 2. The van der Waals surface area contributed by atoms with Gasteiger partial charge in [-0.15, -0.1) is 0 Å². The van der Waals surface area contributed by atoms with E-state index in [9.17, 15) is 4.79 Å². The molecule has 0 radical (unpaired) electrons. The largest absolute Gasteiger partial charge is 0.374 e. The molecule has 0 heterocycles. The zero-order chi connectivity index (χ0) is 16.1. The molecule has 5 heteroatoms. The molecule has 2 rings (SSSR count). The van der Waals surface area contributed by atoms with Crippen LogP contribution in [0, 0.1) is 0 Å². The molecule has 0 spiro atoms. The third-order valence-corrected chi connectivity index (χ3v) is 3.72. The van der Waals surface area contributed by atoms with Gasteiger partial charge in [0, 0.05) is 11.3 Å². The fourth-order valence-corrected chi connectivity index (χ4v) is 2.09. The Kier molecular flexibility index (Phi) is 5.83. The fourth-order valence-electron chi connectivity index (χ4n) is 1.79. The molecule has 0 atom stereocenters. The van der Waals surface area contributed by atoms with Crippen LogP contribution in [0.3, 0.4) is 0 Å². The molecule has 3 nitrogen and oxygen atoms in total. The molecule has 1 N–H and O–H groups in total. The summed E-state index contributed by atoms with van der Waals surface area (Å²) in [6.07, 6.45) is 0.178. The van der Waals surface area contributed by atoms with Gasteiger partial charge in [0.25, 0.3) is 5.91 Å². The van der Waals surface area contributed by atoms with Crippen LogP contribution >= 0.6 is 23.2 Å². The number of hydrogen-bond donors (Lipinski definition) is 1. The number of carbonyl (C=O) groups is 1. The lowest BCUT2D eigenvalue weighted by Crippen LogP contribution is -2.12. The van der Waals surface area contributed by atoms with Gasteiger partial charge in [0.15, 0.2) is 0 Å². The summed E-state index contributed by atoms with van der Waals surface area (Å²) in [5.74, 6) is -0.199. The molecule has 0 saturated carbocycles. The van der Waals surface area contributed by atoms with Gasteiger partial charge in [-0.25, -0.2) is 0 Å². The number of amides is 1. The van der Waals surface area contributed by atoms with Crippen molar-refractivity contribution < 1.29 is 9.53 Å². The molecule has 1 amide bonds. The first-order valence-electron chi connectivity index (χ1n) is 6.92. The summed E-state index contributed by atoms with van der Waals surface area (Å²) < 4.78 is 5.52. The highest BCUT2D eigenvalue weighted by atomic mass is 35.5. The molecular formula is C17H17Cl2NO2. The fraction of sp³-hybridized carbons (Fsp3) is 0.235. The highest BCUT2D eigenvalue weighted by Gasteiger charge is 2.07. The zero-order valence-corrected chi connectivity index (χ0v) is 13.9. The van der Waals surface area contributed by atoms with Crippen molar-refractivity contribution in [2.24, 2.45) is 0 Å². The second-order valence-corrected chi connectivity index (χ2v) is 5.95. The number of halogens is 2. The smallest absolute Gasteiger partial charge is 0.255 e. The van der Waals surface area contributed by atoms with Gasteiger partial charge in [-0.1, -0.05) is 35.3 Å². The Labute approximate surface area is 140 Å². The van der Waals surface area contributed by atoms with E-state index in [1.807, 2.05) is 26.0 Å². The maximum absolute atomic E-state index is 12.2. The number of rotatable bonds is 5. The summed E-state index contributed by atoms with van der Waals surface area (Å²) in [5, 5.41) is 3.64. The van der Waals surface area contributed by atoms with Crippen molar-refractivity contribution in [1.29, 1.82) is 0 Å². The number of benzene rings is 2. The van der Waals surface area contributed by atoms with Crippen LogP contribution in [0.15, 0.2) is 42.5 Å². The molecule has 2 aromatic rings.